The summed E-state index contributed by atoms with van der Waals surface area (Å²) in [5.74, 6) is 0. The first-order chi connectivity index (χ1) is 6.20. The van der Waals surface area contributed by atoms with Crippen molar-refractivity contribution in [1.29, 1.82) is 0 Å². The fourth-order valence-electron chi connectivity index (χ4n) is 0.945. The van der Waals surface area contributed by atoms with E-state index in [2.05, 4.69) is 0 Å². The van der Waals surface area contributed by atoms with Crippen molar-refractivity contribution in [3.63, 3.8) is 0 Å². The van der Waals surface area contributed by atoms with Crippen molar-refractivity contribution in [1.82, 2.24) is 0 Å². The van der Waals surface area contributed by atoms with Gasteiger partial charge in [0.2, 0.25) is 0 Å². The van der Waals surface area contributed by atoms with E-state index in [1.54, 1.807) is 0 Å². The molecule has 4 nitrogen and oxygen atoms in total. The molecule has 0 aromatic rings. The maximum atomic E-state index is 10.9. The van der Waals surface area contributed by atoms with E-state index in [1.165, 1.54) is 0 Å². The summed E-state index contributed by atoms with van der Waals surface area (Å²) in [6, 6.07) is 0. The Morgan fingerprint density at radius 3 is 2.62 bits per heavy atom. The Labute approximate surface area is 80.9 Å². The molecule has 0 radical (unpaired) electrons. The van der Waals surface area contributed by atoms with E-state index in [0.717, 1.165) is 32.2 Å². The van der Waals surface area contributed by atoms with E-state index >= 15 is 0 Å². The van der Waals surface area contributed by atoms with Crippen LogP contribution in [-0.4, -0.2) is 18.9 Å². The Bertz CT molecular complexity index is 144. The third kappa shape index (κ3) is 8.31. The highest BCUT2D eigenvalue weighted by atomic mass is 31.1. The van der Waals surface area contributed by atoms with E-state index in [-0.39, 0.29) is 6.23 Å². The molecule has 0 rings (SSSR count). The summed E-state index contributed by atoms with van der Waals surface area (Å²) in [5.41, 5.74) is 10.9. The number of hydrogen-bond acceptors (Lipinski definition) is 4. The second-order valence-electron chi connectivity index (χ2n) is 2.93. The maximum Gasteiger partial charge on any atom is 0.509 e. The second-order valence-corrected chi connectivity index (χ2v) is 4.44. The quantitative estimate of drug-likeness (QED) is 0.360. The SMILES string of the molecule is CC[P+](=O)OC(N)CCCCCN. The minimum atomic E-state index is -1.54. The van der Waals surface area contributed by atoms with Crippen LogP contribution in [0.3, 0.4) is 0 Å². The summed E-state index contributed by atoms with van der Waals surface area (Å²) in [6.07, 6.45) is 4.00. The van der Waals surface area contributed by atoms with Gasteiger partial charge in [-0.3, -0.25) is 0 Å². The van der Waals surface area contributed by atoms with Gasteiger partial charge in [0.25, 0.3) is 0 Å². The minimum Gasteiger partial charge on any atom is -0.330 e. The monoisotopic (exact) mass is 207 g/mol. The van der Waals surface area contributed by atoms with Crippen LogP contribution in [0.5, 0.6) is 0 Å². The molecule has 0 aromatic carbocycles. The van der Waals surface area contributed by atoms with E-state index in [9.17, 15) is 4.57 Å². The molecule has 0 fully saturated rings. The third-order valence-electron chi connectivity index (χ3n) is 1.70. The summed E-state index contributed by atoms with van der Waals surface area (Å²) in [6.45, 7) is 2.54. The maximum absolute atomic E-state index is 10.9. The molecule has 78 valence electrons. The molecule has 4 N–H and O–H groups in total. The molecule has 0 spiro atoms. The van der Waals surface area contributed by atoms with Gasteiger partial charge in [0.05, 0.1) is 0 Å². The molecule has 0 heterocycles. The first-order valence-electron chi connectivity index (χ1n) is 4.77. The fourth-order valence-corrected chi connectivity index (χ4v) is 1.50. The van der Waals surface area contributed by atoms with Crippen LogP contribution < -0.4 is 11.5 Å². The smallest absolute Gasteiger partial charge is 0.330 e. The van der Waals surface area contributed by atoms with Crippen molar-refractivity contribution in [2.75, 3.05) is 12.7 Å². The average molecular weight is 207 g/mol. The lowest BCUT2D eigenvalue weighted by molar-refractivity contribution is 0.207. The van der Waals surface area contributed by atoms with Crippen LogP contribution in [0.25, 0.3) is 0 Å². The van der Waals surface area contributed by atoms with Crippen LogP contribution in [0.2, 0.25) is 0 Å². The van der Waals surface area contributed by atoms with Gasteiger partial charge in [0, 0.05) is 0 Å². The van der Waals surface area contributed by atoms with Gasteiger partial charge in [-0.05, 0) is 37.3 Å². The molecule has 2 atom stereocenters. The largest absolute Gasteiger partial charge is 0.509 e. The number of nitrogens with two attached hydrogens (primary N) is 2. The zero-order chi connectivity index (χ0) is 10.1. The van der Waals surface area contributed by atoms with E-state index < -0.39 is 8.03 Å². The molecule has 2 unspecified atom stereocenters. The molecule has 0 amide bonds. The molecule has 0 bridgehead atoms. The number of hydrogen-bond donors (Lipinski definition) is 2. The predicted octanol–water partition coefficient (Wildman–Crippen LogP) is 1.57. The highest BCUT2D eigenvalue weighted by molar-refractivity contribution is 7.39. The van der Waals surface area contributed by atoms with Gasteiger partial charge in [0.1, 0.15) is 0 Å². The van der Waals surface area contributed by atoms with Crippen molar-refractivity contribution in [3.05, 3.63) is 0 Å². The van der Waals surface area contributed by atoms with Gasteiger partial charge < -0.3 is 11.5 Å². The van der Waals surface area contributed by atoms with Crippen LogP contribution in [0.1, 0.15) is 32.6 Å². The zero-order valence-corrected chi connectivity index (χ0v) is 9.13. The first-order valence-corrected chi connectivity index (χ1v) is 6.14. The van der Waals surface area contributed by atoms with Gasteiger partial charge >= 0.3 is 8.03 Å². The van der Waals surface area contributed by atoms with Crippen LogP contribution in [0.15, 0.2) is 0 Å². The molecule has 13 heavy (non-hydrogen) atoms. The standard InChI is InChI=1S/C8H20N2O2P/c1-2-13(11)12-8(10)6-4-3-5-7-9/h8H,2-7,9-10H2,1H3/q+1. The van der Waals surface area contributed by atoms with E-state index in [0.29, 0.717) is 6.16 Å². The molecule has 0 aliphatic heterocycles. The van der Waals surface area contributed by atoms with Crippen molar-refractivity contribution >= 4 is 8.03 Å². The van der Waals surface area contributed by atoms with Crippen molar-refractivity contribution < 1.29 is 9.09 Å². The normalized spacial score (nSPS) is 14.2. The van der Waals surface area contributed by atoms with Gasteiger partial charge in [-0.1, -0.05) is 6.42 Å². The van der Waals surface area contributed by atoms with Crippen LogP contribution >= 0.6 is 8.03 Å². The van der Waals surface area contributed by atoms with Crippen molar-refractivity contribution in [3.8, 4) is 0 Å². The number of unbranched alkanes of at least 4 members (excludes halogenated alkanes) is 2. The Morgan fingerprint density at radius 1 is 1.38 bits per heavy atom. The Morgan fingerprint density at radius 2 is 2.08 bits per heavy atom. The molecule has 0 saturated carbocycles. The zero-order valence-electron chi connectivity index (χ0n) is 8.24. The fraction of sp³-hybridized carbons (Fsp3) is 1.00. The predicted molar refractivity (Wildman–Crippen MR) is 54.7 cm³/mol. The molecule has 5 heteroatoms. The van der Waals surface area contributed by atoms with Crippen LogP contribution in [-0.2, 0) is 9.09 Å². The van der Waals surface area contributed by atoms with Crippen molar-refractivity contribution in [2.45, 2.75) is 38.8 Å². The van der Waals surface area contributed by atoms with Gasteiger partial charge in [0.15, 0.2) is 12.4 Å². The summed E-state index contributed by atoms with van der Waals surface area (Å²) >= 11 is 0. The highest BCUT2D eigenvalue weighted by Crippen LogP contribution is 2.23. The topological polar surface area (TPSA) is 78.3 Å². The van der Waals surface area contributed by atoms with E-state index in [4.69, 9.17) is 16.0 Å². The Hall–Kier alpha value is -0.0200. The molecule has 0 aliphatic rings. The van der Waals surface area contributed by atoms with Gasteiger partial charge in [-0.25, -0.2) is 0 Å². The molecular weight excluding hydrogens is 187 g/mol. The summed E-state index contributed by atoms with van der Waals surface area (Å²) in [7, 11) is -1.54. The molecule has 0 saturated heterocycles. The van der Waals surface area contributed by atoms with Crippen LogP contribution in [0, 0.1) is 0 Å². The lowest BCUT2D eigenvalue weighted by Gasteiger charge is -2.03. The summed E-state index contributed by atoms with van der Waals surface area (Å²) in [5, 5.41) is 0. The highest BCUT2D eigenvalue weighted by Gasteiger charge is 2.18. The molecule has 0 aliphatic carbocycles. The van der Waals surface area contributed by atoms with Gasteiger partial charge in [-0.2, -0.15) is 0 Å². The minimum absolute atomic E-state index is 0.374. The van der Waals surface area contributed by atoms with Gasteiger partial charge in [-0.15, -0.1) is 4.52 Å². The molecular formula is C8H20N2O2P+. The summed E-state index contributed by atoms with van der Waals surface area (Å²) in [4.78, 5) is 0. The van der Waals surface area contributed by atoms with E-state index in [1.807, 2.05) is 6.92 Å². The number of rotatable bonds is 8. The Kier molecular flexibility index (Phi) is 8.56. The Balaban J connectivity index is 3.29. The lowest BCUT2D eigenvalue weighted by Crippen LogP contribution is -2.20. The molecule has 0 aromatic heterocycles. The second kappa shape index (κ2) is 8.57. The average Bonchev–Trinajstić information content (AvgIpc) is 2.12. The van der Waals surface area contributed by atoms with Crippen molar-refractivity contribution in [2.24, 2.45) is 11.5 Å². The lowest BCUT2D eigenvalue weighted by atomic mass is 10.2. The van der Waals surface area contributed by atoms with Crippen LogP contribution in [0.4, 0.5) is 0 Å². The first kappa shape index (κ1) is 13.0. The third-order valence-corrected chi connectivity index (χ3v) is 2.73. The summed E-state index contributed by atoms with van der Waals surface area (Å²) < 4.78 is 16.0.